The van der Waals surface area contributed by atoms with Crippen molar-refractivity contribution in [2.75, 3.05) is 6.54 Å². The van der Waals surface area contributed by atoms with Gasteiger partial charge in [-0.3, -0.25) is 4.98 Å². The first-order valence-electron chi connectivity index (χ1n) is 6.40. The van der Waals surface area contributed by atoms with Crippen LogP contribution in [0.2, 0.25) is 0 Å². The minimum absolute atomic E-state index is 0.213. The molecular weight excluding hydrogens is 326 g/mol. The molecule has 0 aliphatic carbocycles. The molecule has 0 amide bonds. The molecule has 2 aromatic rings. The SMILES string of the molecule is CCCNC(c1cncc(F)c1)c1ccc(F)c(Br)c1. The Morgan fingerprint density at radius 2 is 2.00 bits per heavy atom. The van der Waals surface area contributed by atoms with E-state index in [0.29, 0.717) is 4.47 Å². The second-order valence-corrected chi connectivity index (χ2v) is 5.35. The largest absolute Gasteiger partial charge is 0.306 e. The van der Waals surface area contributed by atoms with Crippen molar-refractivity contribution >= 4 is 15.9 Å². The molecule has 0 radical (unpaired) electrons. The van der Waals surface area contributed by atoms with Gasteiger partial charge in [0.25, 0.3) is 0 Å². The third-order valence-corrected chi connectivity index (χ3v) is 3.54. The second kappa shape index (κ2) is 6.90. The summed E-state index contributed by atoms with van der Waals surface area (Å²) in [4.78, 5) is 3.88. The van der Waals surface area contributed by atoms with Crippen LogP contribution in [-0.4, -0.2) is 11.5 Å². The van der Waals surface area contributed by atoms with Crippen LogP contribution in [0, 0.1) is 11.6 Å². The lowest BCUT2D eigenvalue weighted by molar-refractivity contribution is 0.576. The minimum Gasteiger partial charge on any atom is -0.306 e. The molecule has 1 unspecified atom stereocenters. The van der Waals surface area contributed by atoms with Gasteiger partial charge >= 0.3 is 0 Å². The fourth-order valence-electron chi connectivity index (χ4n) is 1.99. The molecule has 0 aliphatic rings. The van der Waals surface area contributed by atoms with Gasteiger partial charge in [0, 0.05) is 6.20 Å². The smallest absolute Gasteiger partial charge is 0.141 e. The Morgan fingerprint density at radius 1 is 1.20 bits per heavy atom. The predicted octanol–water partition coefficient (Wildman–Crippen LogP) is 4.21. The molecule has 20 heavy (non-hydrogen) atoms. The Balaban J connectivity index is 2.38. The number of nitrogens with zero attached hydrogens (tertiary/aromatic N) is 1. The van der Waals surface area contributed by atoms with Gasteiger partial charge in [0.05, 0.1) is 16.7 Å². The summed E-state index contributed by atoms with van der Waals surface area (Å²) in [5.41, 5.74) is 1.58. The van der Waals surface area contributed by atoms with Crippen LogP contribution in [0.3, 0.4) is 0 Å². The molecule has 0 spiro atoms. The number of halogens is 3. The quantitative estimate of drug-likeness (QED) is 0.881. The van der Waals surface area contributed by atoms with Crippen LogP contribution in [0.5, 0.6) is 0 Å². The molecule has 5 heteroatoms. The van der Waals surface area contributed by atoms with Crippen LogP contribution in [-0.2, 0) is 0 Å². The van der Waals surface area contributed by atoms with Gasteiger partial charge in [0.1, 0.15) is 11.6 Å². The van der Waals surface area contributed by atoms with E-state index in [9.17, 15) is 8.78 Å². The maximum Gasteiger partial charge on any atom is 0.141 e. The fourth-order valence-corrected chi connectivity index (χ4v) is 2.39. The lowest BCUT2D eigenvalue weighted by Crippen LogP contribution is -2.23. The van der Waals surface area contributed by atoms with E-state index in [0.717, 1.165) is 24.1 Å². The Morgan fingerprint density at radius 3 is 2.65 bits per heavy atom. The van der Waals surface area contributed by atoms with Crippen LogP contribution in [0.15, 0.2) is 41.1 Å². The van der Waals surface area contributed by atoms with Crippen molar-refractivity contribution in [2.24, 2.45) is 0 Å². The molecular formula is C15H15BrF2N2. The Kier molecular flexibility index (Phi) is 5.20. The molecule has 0 saturated carbocycles. The second-order valence-electron chi connectivity index (χ2n) is 4.50. The molecule has 0 fully saturated rings. The van der Waals surface area contributed by atoms with E-state index in [4.69, 9.17) is 0 Å². The average Bonchev–Trinajstić information content (AvgIpc) is 2.43. The van der Waals surface area contributed by atoms with Gasteiger partial charge in [-0.15, -0.1) is 0 Å². The van der Waals surface area contributed by atoms with E-state index in [1.54, 1.807) is 18.3 Å². The number of aromatic nitrogens is 1. The Hall–Kier alpha value is -1.33. The molecule has 1 N–H and O–H groups in total. The van der Waals surface area contributed by atoms with E-state index in [1.807, 2.05) is 0 Å². The molecule has 2 nitrogen and oxygen atoms in total. The normalized spacial score (nSPS) is 12.4. The molecule has 106 valence electrons. The zero-order valence-corrected chi connectivity index (χ0v) is 12.6. The number of rotatable bonds is 5. The predicted molar refractivity (Wildman–Crippen MR) is 78.4 cm³/mol. The van der Waals surface area contributed by atoms with Crippen LogP contribution < -0.4 is 5.32 Å². The summed E-state index contributed by atoms with van der Waals surface area (Å²) in [6, 6.07) is 6.02. The first-order chi connectivity index (χ1) is 9.61. The topological polar surface area (TPSA) is 24.9 Å². The molecule has 2 rings (SSSR count). The molecule has 0 bridgehead atoms. The third-order valence-electron chi connectivity index (χ3n) is 2.93. The maximum atomic E-state index is 13.3. The van der Waals surface area contributed by atoms with Crippen molar-refractivity contribution in [3.63, 3.8) is 0 Å². The number of pyridine rings is 1. The van der Waals surface area contributed by atoms with Crippen LogP contribution in [0.4, 0.5) is 8.78 Å². The highest BCUT2D eigenvalue weighted by Gasteiger charge is 2.15. The van der Waals surface area contributed by atoms with Gasteiger partial charge < -0.3 is 5.32 Å². The standard InChI is InChI=1S/C15H15BrF2N2/c1-2-5-20-15(11-6-12(17)9-19-8-11)10-3-4-14(18)13(16)7-10/h3-4,6-9,15,20H,2,5H2,1H3. The van der Waals surface area contributed by atoms with Crippen molar-refractivity contribution in [3.05, 3.63) is 63.9 Å². The zero-order valence-electron chi connectivity index (χ0n) is 11.0. The lowest BCUT2D eigenvalue weighted by Gasteiger charge is -2.19. The maximum absolute atomic E-state index is 13.3. The summed E-state index contributed by atoms with van der Waals surface area (Å²) >= 11 is 3.18. The Bertz CT molecular complexity index is 590. The lowest BCUT2D eigenvalue weighted by atomic mass is 10.00. The monoisotopic (exact) mass is 340 g/mol. The summed E-state index contributed by atoms with van der Waals surface area (Å²) in [5, 5.41) is 3.33. The van der Waals surface area contributed by atoms with Gasteiger partial charge in [-0.1, -0.05) is 13.0 Å². The van der Waals surface area contributed by atoms with Crippen LogP contribution >= 0.6 is 15.9 Å². The van der Waals surface area contributed by atoms with Gasteiger partial charge in [0.2, 0.25) is 0 Å². The van der Waals surface area contributed by atoms with Gasteiger partial charge in [-0.05, 0) is 58.2 Å². The van der Waals surface area contributed by atoms with Crippen molar-refractivity contribution in [1.82, 2.24) is 10.3 Å². The van der Waals surface area contributed by atoms with E-state index in [2.05, 4.69) is 33.2 Å². The van der Waals surface area contributed by atoms with Crippen LogP contribution in [0.25, 0.3) is 0 Å². The van der Waals surface area contributed by atoms with Gasteiger partial charge in [-0.25, -0.2) is 8.78 Å². The summed E-state index contributed by atoms with van der Waals surface area (Å²) in [6.07, 6.45) is 3.73. The number of hydrogen-bond donors (Lipinski definition) is 1. The molecule has 1 heterocycles. The van der Waals surface area contributed by atoms with Crippen molar-refractivity contribution in [1.29, 1.82) is 0 Å². The molecule has 1 atom stereocenters. The van der Waals surface area contributed by atoms with Crippen molar-refractivity contribution < 1.29 is 8.78 Å². The first kappa shape index (κ1) is 15.1. The fraction of sp³-hybridized carbons (Fsp3) is 0.267. The number of benzene rings is 1. The van der Waals surface area contributed by atoms with Crippen molar-refractivity contribution in [2.45, 2.75) is 19.4 Å². The van der Waals surface area contributed by atoms with Crippen molar-refractivity contribution in [3.8, 4) is 0 Å². The number of nitrogens with one attached hydrogen (secondary N) is 1. The summed E-state index contributed by atoms with van der Waals surface area (Å²) < 4.78 is 27.1. The zero-order chi connectivity index (χ0) is 14.5. The molecule has 1 aromatic heterocycles. The molecule has 0 aliphatic heterocycles. The first-order valence-corrected chi connectivity index (χ1v) is 7.20. The summed E-state index contributed by atoms with van der Waals surface area (Å²) in [7, 11) is 0. The van der Waals surface area contributed by atoms with E-state index in [-0.39, 0.29) is 17.7 Å². The highest BCUT2D eigenvalue weighted by atomic mass is 79.9. The highest BCUT2D eigenvalue weighted by Crippen LogP contribution is 2.26. The third kappa shape index (κ3) is 3.61. The molecule has 0 saturated heterocycles. The summed E-state index contributed by atoms with van der Waals surface area (Å²) in [6.45, 7) is 2.82. The van der Waals surface area contributed by atoms with Gasteiger partial charge in [0.15, 0.2) is 0 Å². The van der Waals surface area contributed by atoms with E-state index >= 15 is 0 Å². The number of hydrogen-bond acceptors (Lipinski definition) is 2. The highest BCUT2D eigenvalue weighted by molar-refractivity contribution is 9.10. The average molecular weight is 341 g/mol. The molecule has 1 aromatic carbocycles. The van der Waals surface area contributed by atoms with Gasteiger partial charge in [-0.2, -0.15) is 0 Å². The van der Waals surface area contributed by atoms with E-state index in [1.165, 1.54) is 18.3 Å². The van der Waals surface area contributed by atoms with Crippen LogP contribution in [0.1, 0.15) is 30.5 Å². The summed E-state index contributed by atoms with van der Waals surface area (Å²) in [5.74, 6) is -0.702. The van der Waals surface area contributed by atoms with E-state index < -0.39 is 0 Å². The Labute approximate surface area is 125 Å². The minimum atomic E-state index is -0.382.